The summed E-state index contributed by atoms with van der Waals surface area (Å²) in [6, 6.07) is 0. The molecule has 4 aliphatic carbocycles. The van der Waals surface area contributed by atoms with Gasteiger partial charge >= 0.3 is 0 Å². The van der Waals surface area contributed by atoms with E-state index in [0.717, 1.165) is 12.8 Å². The molecule has 0 heterocycles. The Kier molecular flexibility index (Phi) is 3.50. The van der Waals surface area contributed by atoms with E-state index in [0.29, 0.717) is 35.7 Å². The van der Waals surface area contributed by atoms with Crippen molar-refractivity contribution in [3.8, 4) is 0 Å². The van der Waals surface area contributed by atoms with Crippen molar-refractivity contribution in [2.24, 2.45) is 34.5 Å². The fraction of sp³-hybridized carbons (Fsp3) is 0.727. The smallest absolute Gasteiger partial charge is 0.156 e. The third-order valence-corrected chi connectivity index (χ3v) is 8.32. The second kappa shape index (κ2) is 5.16. The van der Waals surface area contributed by atoms with Gasteiger partial charge in [-0.15, -0.1) is 0 Å². The zero-order chi connectivity index (χ0) is 17.3. The summed E-state index contributed by atoms with van der Waals surface area (Å²) >= 11 is 0. The molecular formula is C22H30O2. The number of rotatable bonds is 1. The van der Waals surface area contributed by atoms with E-state index in [1.54, 1.807) is 6.92 Å². The second-order valence-corrected chi connectivity index (χ2v) is 9.37. The van der Waals surface area contributed by atoms with E-state index in [9.17, 15) is 9.59 Å². The molecule has 4 aliphatic rings. The Morgan fingerprint density at radius 3 is 2.58 bits per heavy atom. The minimum absolute atomic E-state index is 0.160. The second-order valence-electron chi connectivity index (χ2n) is 9.37. The SMILES string of the molecule is CC(=O)[C@H]1CC[C@H]2[C@@H]3C=C(C)C4=CC(=O)CC[C@]4(C)[C@H]3CC[C@]12C. The molecule has 0 N–H and O–H groups in total. The van der Waals surface area contributed by atoms with Gasteiger partial charge in [0, 0.05) is 12.3 Å². The zero-order valence-corrected chi connectivity index (χ0v) is 15.5. The third kappa shape index (κ3) is 2.01. The Balaban J connectivity index is 1.77. The van der Waals surface area contributed by atoms with Crippen molar-refractivity contribution in [1.82, 2.24) is 0 Å². The van der Waals surface area contributed by atoms with Crippen LogP contribution in [-0.2, 0) is 9.59 Å². The Morgan fingerprint density at radius 2 is 1.88 bits per heavy atom. The lowest BCUT2D eigenvalue weighted by molar-refractivity contribution is -0.127. The van der Waals surface area contributed by atoms with Gasteiger partial charge in [0.25, 0.3) is 0 Å². The van der Waals surface area contributed by atoms with Gasteiger partial charge in [-0.05, 0) is 86.2 Å². The van der Waals surface area contributed by atoms with Crippen LogP contribution in [0.3, 0.4) is 0 Å². The predicted molar refractivity (Wildman–Crippen MR) is 95.4 cm³/mol. The van der Waals surface area contributed by atoms with Crippen LogP contribution in [0.25, 0.3) is 0 Å². The molecule has 0 saturated heterocycles. The highest BCUT2D eigenvalue weighted by atomic mass is 16.1. The number of carbonyl (C=O) groups is 2. The molecule has 24 heavy (non-hydrogen) atoms. The van der Waals surface area contributed by atoms with Gasteiger partial charge in [-0.1, -0.05) is 25.5 Å². The van der Waals surface area contributed by atoms with Crippen molar-refractivity contribution < 1.29 is 9.59 Å². The standard InChI is InChI=1S/C22H30O2/c1-13-11-16-18-6-5-17(14(2)23)21(18,3)10-8-19(16)22(4)9-7-15(24)12-20(13)22/h11-12,16-19H,5-10H2,1-4H3/t16-,17+,18-,19-,21+,22+/m0/s1. The van der Waals surface area contributed by atoms with Gasteiger partial charge in [0.15, 0.2) is 5.78 Å². The monoisotopic (exact) mass is 326 g/mol. The molecule has 2 nitrogen and oxygen atoms in total. The van der Waals surface area contributed by atoms with Crippen LogP contribution in [-0.4, -0.2) is 11.6 Å². The Morgan fingerprint density at radius 1 is 1.12 bits per heavy atom. The van der Waals surface area contributed by atoms with Crippen LogP contribution in [0.4, 0.5) is 0 Å². The maximum absolute atomic E-state index is 12.2. The number of fused-ring (bicyclic) bond motifs is 5. The first-order chi connectivity index (χ1) is 11.3. The summed E-state index contributed by atoms with van der Waals surface area (Å²) in [4.78, 5) is 24.2. The van der Waals surface area contributed by atoms with E-state index in [1.807, 2.05) is 6.08 Å². The molecule has 4 rings (SSSR count). The van der Waals surface area contributed by atoms with Crippen LogP contribution in [0.2, 0.25) is 0 Å². The summed E-state index contributed by atoms with van der Waals surface area (Å²) in [5, 5.41) is 0. The fourth-order valence-corrected chi connectivity index (χ4v) is 7.08. The average molecular weight is 326 g/mol. The molecule has 2 saturated carbocycles. The van der Waals surface area contributed by atoms with Crippen LogP contribution in [0.15, 0.2) is 23.3 Å². The number of carbonyl (C=O) groups excluding carboxylic acids is 2. The quantitative estimate of drug-likeness (QED) is 0.687. The van der Waals surface area contributed by atoms with Gasteiger partial charge in [0.1, 0.15) is 5.78 Å². The fourth-order valence-electron chi connectivity index (χ4n) is 7.08. The van der Waals surface area contributed by atoms with Crippen LogP contribution in [0.1, 0.15) is 66.2 Å². The molecule has 6 atom stereocenters. The van der Waals surface area contributed by atoms with E-state index in [-0.39, 0.29) is 16.7 Å². The number of allylic oxidation sites excluding steroid dienone is 4. The molecule has 0 aromatic heterocycles. The van der Waals surface area contributed by atoms with Crippen molar-refractivity contribution in [2.75, 3.05) is 0 Å². The van der Waals surface area contributed by atoms with Crippen molar-refractivity contribution in [3.05, 3.63) is 23.3 Å². The van der Waals surface area contributed by atoms with E-state index < -0.39 is 0 Å². The van der Waals surface area contributed by atoms with E-state index in [2.05, 4.69) is 26.8 Å². The number of hydrogen-bond acceptors (Lipinski definition) is 2. The van der Waals surface area contributed by atoms with Crippen LogP contribution in [0, 0.1) is 34.5 Å². The summed E-state index contributed by atoms with van der Waals surface area (Å²) in [5.41, 5.74) is 2.98. The first-order valence-corrected chi connectivity index (χ1v) is 9.71. The summed E-state index contributed by atoms with van der Waals surface area (Å²) in [5.74, 6) is 2.82. The molecule has 2 fully saturated rings. The average Bonchev–Trinajstić information content (AvgIpc) is 2.87. The van der Waals surface area contributed by atoms with Crippen LogP contribution < -0.4 is 0 Å². The molecule has 0 aromatic carbocycles. The molecule has 0 unspecified atom stereocenters. The highest BCUT2D eigenvalue weighted by Gasteiger charge is 2.59. The first kappa shape index (κ1) is 16.3. The van der Waals surface area contributed by atoms with Gasteiger partial charge in [-0.3, -0.25) is 9.59 Å². The van der Waals surface area contributed by atoms with Crippen molar-refractivity contribution in [2.45, 2.75) is 66.2 Å². The third-order valence-electron chi connectivity index (χ3n) is 8.32. The molecule has 130 valence electrons. The maximum Gasteiger partial charge on any atom is 0.156 e. The van der Waals surface area contributed by atoms with Crippen molar-refractivity contribution in [3.63, 3.8) is 0 Å². The molecule has 0 aromatic rings. The largest absolute Gasteiger partial charge is 0.300 e. The van der Waals surface area contributed by atoms with Crippen LogP contribution >= 0.6 is 0 Å². The Bertz CT molecular complexity index is 669. The summed E-state index contributed by atoms with van der Waals surface area (Å²) in [7, 11) is 0. The van der Waals surface area contributed by atoms with Gasteiger partial charge in [0.2, 0.25) is 0 Å². The van der Waals surface area contributed by atoms with Gasteiger partial charge in [-0.2, -0.15) is 0 Å². The molecule has 0 amide bonds. The van der Waals surface area contributed by atoms with Gasteiger partial charge in [-0.25, -0.2) is 0 Å². The zero-order valence-electron chi connectivity index (χ0n) is 15.5. The van der Waals surface area contributed by atoms with Crippen molar-refractivity contribution in [1.29, 1.82) is 0 Å². The Labute approximate surface area is 145 Å². The highest BCUT2D eigenvalue weighted by Crippen LogP contribution is 2.66. The van der Waals surface area contributed by atoms with Gasteiger partial charge in [0.05, 0.1) is 0 Å². The lowest BCUT2D eigenvalue weighted by atomic mass is 9.47. The molecule has 0 spiro atoms. The molecule has 0 bridgehead atoms. The molecule has 2 heteroatoms. The van der Waals surface area contributed by atoms with E-state index in [1.165, 1.54) is 30.4 Å². The first-order valence-electron chi connectivity index (χ1n) is 9.71. The van der Waals surface area contributed by atoms with Gasteiger partial charge < -0.3 is 0 Å². The molecular weight excluding hydrogens is 296 g/mol. The maximum atomic E-state index is 12.2. The molecule has 0 aliphatic heterocycles. The highest BCUT2D eigenvalue weighted by molar-refractivity contribution is 5.92. The number of Topliss-reactive ketones (excluding diaryl/α,β-unsaturated/α-hetero) is 1. The van der Waals surface area contributed by atoms with E-state index in [4.69, 9.17) is 0 Å². The predicted octanol–water partition coefficient (Wildman–Crippen LogP) is 4.89. The Hall–Kier alpha value is -1.18. The molecule has 0 radical (unpaired) electrons. The summed E-state index contributed by atoms with van der Waals surface area (Å²) < 4.78 is 0. The minimum Gasteiger partial charge on any atom is -0.300 e. The lowest BCUT2D eigenvalue weighted by Crippen LogP contribution is -2.50. The van der Waals surface area contributed by atoms with Crippen LogP contribution in [0.5, 0.6) is 0 Å². The number of hydrogen-bond donors (Lipinski definition) is 0. The number of ketones is 2. The topological polar surface area (TPSA) is 34.1 Å². The summed E-state index contributed by atoms with van der Waals surface area (Å²) in [6.45, 7) is 8.78. The summed E-state index contributed by atoms with van der Waals surface area (Å²) in [6.07, 6.45) is 10.8. The minimum atomic E-state index is 0.160. The van der Waals surface area contributed by atoms with E-state index >= 15 is 0 Å². The van der Waals surface area contributed by atoms with Crippen molar-refractivity contribution >= 4 is 11.6 Å². The normalized spacial score (nSPS) is 47.2. The lowest BCUT2D eigenvalue weighted by Gasteiger charge is -2.56.